The topological polar surface area (TPSA) is 47.6 Å². The minimum Gasteiger partial charge on any atom is -0.435 e. The van der Waals surface area contributed by atoms with Crippen LogP contribution in [0.2, 0.25) is 0 Å². The van der Waals surface area contributed by atoms with Gasteiger partial charge in [0, 0.05) is 5.56 Å². The molecule has 1 heterocycles. The zero-order chi connectivity index (χ0) is 16.3. The van der Waals surface area contributed by atoms with E-state index in [9.17, 15) is 13.6 Å². The summed E-state index contributed by atoms with van der Waals surface area (Å²) in [6, 6.07) is 5.81. The van der Waals surface area contributed by atoms with Gasteiger partial charge in [0.2, 0.25) is 0 Å². The molecule has 1 saturated heterocycles. The van der Waals surface area contributed by atoms with Crippen LogP contribution in [0.3, 0.4) is 0 Å². The molecule has 4 nitrogen and oxygen atoms in total. The van der Waals surface area contributed by atoms with Crippen LogP contribution >= 0.6 is 0 Å². The lowest BCUT2D eigenvalue weighted by molar-refractivity contribution is -0.0498. The summed E-state index contributed by atoms with van der Waals surface area (Å²) in [5.41, 5.74) is 0.240. The summed E-state index contributed by atoms with van der Waals surface area (Å²) in [6.07, 6.45) is 6.53. The predicted octanol–water partition coefficient (Wildman–Crippen LogP) is 3.51. The van der Waals surface area contributed by atoms with Crippen molar-refractivity contribution in [2.75, 3.05) is 6.61 Å². The number of hydrogen-bond acceptors (Lipinski definition) is 3. The van der Waals surface area contributed by atoms with E-state index in [1.807, 2.05) is 0 Å². The van der Waals surface area contributed by atoms with Gasteiger partial charge < -0.3 is 14.8 Å². The molecule has 1 amide bonds. The maximum atomic E-state index is 12.3. The van der Waals surface area contributed by atoms with E-state index in [0.29, 0.717) is 12.2 Å². The molecule has 3 rings (SSSR count). The Bertz CT molecular complexity index is 559. The van der Waals surface area contributed by atoms with Crippen LogP contribution in [0.1, 0.15) is 48.9 Å². The van der Waals surface area contributed by atoms with Crippen molar-refractivity contribution >= 4 is 5.91 Å². The zero-order valence-electron chi connectivity index (χ0n) is 12.9. The molecule has 1 saturated carbocycles. The lowest BCUT2D eigenvalue weighted by Crippen LogP contribution is -2.37. The second-order valence-corrected chi connectivity index (χ2v) is 6.34. The van der Waals surface area contributed by atoms with Crippen molar-refractivity contribution in [2.24, 2.45) is 0 Å². The molecule has 0 aromatic heterocycles. The Morgan fingerprint density at radius 3 is 2.83 bits per heavy atom. The number of hydrogen-bond donors (Lipinski definition) is 1. The molecule has 2 fully saturated rings. The maximum absolute atomic E-state index is 12.3. The summed E-state index contributed by atoms with van der Waals surface area (Å²) in [6.45, 7) is -2.39. The molecule has 1 atom stereocenters. The summed E-state index contributed by atoms with van der Waals surface area (Å²) >= 11 is 0. The fourth-order valence-corrected chi connectivity index (χ4v) is 3.56. The molecule has 1 N–H and O–H groups in total. The van der Waals surface area contributed by atoms with E-state index in [0.717, 1.165) is 19.3 Å². The second-order valence-electron chi connectivity index (χ2n) is 6.34. The third-order valence-electron chi connectivity index (χ3n) is 4.63. The van der Waals surface area contributed by atoms with Crippen molar-refractivity contribution in [1.82, 2.24) is 5.32 Å². The largest absolute Gasteiger partial charge is 0.435 e. The Hall–Kier alpha value is -1.69. The molecule has 1 aromatic carbocycles. The quantitative estimate of drug-likeness (QED) is 0.921. The number of ether oxygens (including phenoxy) is 2. The Labute approximate surface area is 134 Å². The highest BCUT2D eigenvalue weighted by Gasteiger charge is 2.41. The van der Waals surface area contributed by atoms with Crippen molar-refractivity contribution in [3.8, 4) is 5.75 Å². The summed E-state index contributed by atoms with van der Waals surface area (Å²) < 4.78 is 34.8. The van der Waals surface area contributed by atoms with Crippen LogP contribution in [0.25, 0.3) is 0 Å². The van der Waals surface area contributed by atoms with Crippen molar-refractivity contribution in [2.45, 2.75) is 56.8 Å². The van der Waals surface area contributed by atoms with Crippen molar-refractivity contribution in [3.05, 3.63) is 29.8 Å². The van der Waals surface area contributed by atoms with E-state index in [1.165, 1.54) is 37.5 Å². The molecule has 23 heavy (non-hydrogen) atoms. The minimum absolute atomic E-state index is 0.0147. The van der Waals surface area contributed by atoms with Crippen LogP contribution in [-0.2, 0) is 4.74 Å². The smallest absolute Gasteiger partial charge is 0.387 e. The van der Waals surface area contributed by atoms with Gasteiger partial charge in [-0.3, -0.25) is 4.79 Å². The molecule has 126 valence electrons. The van der Waals surface area contributed by atoms with Gasteiger partial charge in [-0.2, -0.15) is 8.78 Å². The zero-order valence-corrected chi connectivity index (χ0v) is 12.9. The Kier molecular flexibility index (Phi) is 4.80. The Balaban J connectivity index is 1.59. The third kappa shape index (κ3) is 3.99. The molecular formula is C17H21F2NO3. The van der Waals surface area contributed by atoms with E-state index in [4.69, 9.17) is 4.74 Å². The maximum Gasteiger partial charge on any atom is 0.387 e. The number of nitrogens with one attached hydrogen (secondary N) is 1. The summed E-state index contributed by atoms with van der Waals surface area (Å²) in [4.78, 5) is 12.3. The van der Waals surface area contributed by atoms with Crippen LogP contribution in [0.4, 0.5) is 8.78 Å². The van der Waals surface area contributed by atoms with Crippen molar-refractivity contribution in [1.29, 1.82) is 0 Å². The molecule has 1 aromatic rings. The van der Waals surface area contributed by atoms with Crippen LogP contribution in [0.5, 0.6) is 5.75 Å². The van der Waals surface area contributed by atoms with Crippen LogP contribution < -0.4 is 10.1 Å². The first-order valence-electron chi connectivity index (χ1n) is 8.06. The van der Waals surface area contributed by atoms with Crippen LogP contribution in [0, 0.1) is 0 Å². The lowest BCUT2D eigenvalue weighted by Gasteiger charge is -2.32. The van der Waals surface area contributed by atoms with Crippen LogP contribution in [0.15, 0.2) is 24.3 Å². The lowest BCUT2D eigenvalue weighted by atomic mass is 9.82. The summed E-state index contributed by atoms with van der Waals surface area (Å²) in [7, 11) is 0. The van der Waals surface area contributed by atoms with Gasteiger partial charge in [0.1, 0.15) is 5.75 Å². The fourth-order valence-electron chi connectivity index (χ4n) is 3.56. The van der Waals surface area contributed by atoms with Gasteiger partial charge in [0.25, 0.3) is 5.91 Å². The van der Waals surface area contributed by atoms with Gasteiger partial charge in [-0.15, -0.1) is 0 Å². The molecule has 1 spiro atoms. The highest BCUT2D eigenvalue weighted by molar-refractivity contribution is 5.94. The van der Waals surface area contributed by atoms with Gasteiger partial charge in [-0.25, -0.2) is 0 Å². The summed E-state index contributed by atoms with van der Waals surface area (Å²) in [5, 5.41) is 2.94. The number of halogens is 2. The molecule has 1 aliphatic carbocycles. The van der Waals surface area contributed by atoms with E-state index in [2.05, 4.69) is 10.1 Å². The highest BCUT2D eigenvalue weighted by Crippen LogP contribution is 2.39. The molecular weight excluding hydrogens is 304 g/mol. The molecule has 2 aliphatic rings. The van der Waals surface area contributed by atoms with Gasteiger partial charge in [-0.05, 0) is 37.5 Å². The fraction of sp³-hybridized carbons (Fsp3) is 0.588. The predicted molar refractivity (Wildman–Crippen MR) is 80.7 cm³/mol. The summed E-state index contributed by atoms with van der Waals surface area (Å²) in [5.74, 6) is -0.301. The Morgan fingerprint density at radius 2 is 2.09 bits per heavy atom. The first kappa shape index (κ1) is 16.2. The molecule has 0 bridgehead atoms. The number of rotatable bonds is 4. The number of benzene rings is 1. The number of alkyl halides is 2. The molecule has 1 unspecified atom stereocenters. The first-order chi connectivity index (χ1) is 11.1. The van der Waals surface area contributed by atoms with Crippen LogP contribution in [-0.4, -0.2) is 30.8 Å². The highest BCUT2D eigenvalue weighted by atomic mass is 19.3. The average Bonchev–Trinajstić information content (AvgIpc) is 2.90. The minimum atomic E-state index is -2.90. The molecule has 0 radical (unpaired) electrons. The van der Waals surface area contributed by atoms with Crippen molar-refractivity contribution < 1.29 is 23.0 Å². The Morgan fingerprint density at radius 1 is 1.30 bits per heavy atom. The normalized spacial score (nSPS) is 23.2. The monoisotopic (exact) mass is 325 g/mol. The average molecular weight is 325 g/mol. The standard InChI is InChI=1S/C17H21F2NO3/c18-16(19)23-14-6-4-5-12(9-14)15(21)20-13-10-17(22-11-13)7-2-1-3-8-17/h4-6,9,13,16H,1-3,7-8,10-11H2,(H,20,21). The number of carbonyl (C=O) groups is 1. The van der Waals surface area contributed by atoms with E-state index in [1.54, 1.807) is 6.07 Å². The number of carbonyl (C=O) groups excluding carboxylic acids is 1. The van der Waals surface area contributed by atoms with E-state index < -0.39 is 6.61 Å². The van der Waals surface area contributed by atoms with Gasteiger partial charge in [-0.1, -0.05) is 25.3 Å². The van der Waals surface area contributed by atoms with Gasteiger partial charge in [0.15, 0.2) is 0 Å². The van der Waals surface area contributed by atoms with Crippen molar-refractivity contribution in [3.63, 3.8) is 0 Å². The second kappa shape index (κ2) is 6.83. The third-order valence-corrected chi connectivity index (χ3v) is 4.63. The molecule has 1 aliphatic heterocycles. The van der Waals surface area contributed by atoms with E-state index >= 15 is 0 Å². The van der Waals surface area contributed by atoms with Gasteiger partial charge >= 0.3 is 6.61 Å². The van der Waals surface area contributed by atoms with Gasteiger partial charge in [0.05, 0.1) is 18.2 Å². The first-order valence-corrected chi connectivity index (χ1v) is 8.06. The molecule has 6 heteroatoms. The number of amides is 1. The van der Waals surface area contributed by atoms with E-state index in [-0.39, 0.29) is 23.3 Å². The SMILES string of the molecule is O=C(NC1COC2(CCCCC2)C1)c1cccc(OC(F)F)c1.